The van der Waals surface area contributed by atoms with Crippen LogP contribution < -0.4 is 0 Å². The Kier molecular flexibility index (Phi) is 4.00. The zero-order chi connectivity index (χ0) is 28.9. The summed E-state index contributed by atoms with van der Waals surface area (Å²) < 4.78 is 67.6. The number of ketones is 1. The van der Waals surface area contributed by atoms with Crippen molar-refractivity contribution in [1.29, 1.82) is 0 Å². The van der Waals surface area contributed by atoms with Gasteiger partial charge in [-0.25, -0.2) is 0 Å². The minimum Gasteiger partial charge on any atom is -0.393 e. The first-order valence-electron chi connectivity index (χ1n) is 16.0. The standard InChI is InChI=1S/C27H46O3/c1-6-19-23-15-18(29)11-13-27(23,5)22-12-14-26(4)20(16(2)7-8-17(3)28)9-10-21(26)24(22)25(19)30/h16,18-25,29-30H,6-15H2,1-5H3/t16-,18-,19+,20-,21+,22+,23+,24+,25-,26-,27-/m1/s1/i1D3,6D2,8D2,19D. The first-order chi connectivity index (χ1) is 17.2. The lowest BCUT2D eigenvalue weighted by molar-refractivity contribution is -0.203. The number of fused-ring (bicyclic) bond motifs is 5. The van der Waals surface area contributed by atoms with Crippen LogP contribution in [0.25, 0.3) is 0 Å². The molecule has 4 saturated carbocycles. The highest BCUT2D eigenvalue weighted by molar-refractivity contribution is 5.75. The van der Waals surface area contributed by atoms with E-state index in [2.05, 4.69) is 6.92 Å². The number of hydrogen-bond donors (Lipinski definition) is 2. The van der Waals surface area contributed by atoms with Gasteiger partial charge in [-0.3, -0.25) is 0 Å². The number of aliphatic hydroxyl groups excluding tert-OH is 2. The lowest BCUT2D eigenvalue weighted by atomic mass is 9.41. The van der Waals surface area contributed by atoms with Gasteiger partial charge in [0.25, 0.3) is 0 Å². The van der Waals surface area contributed by atoms with Gasteiger partial charge in [0.2, 0.25) is 0 Å². The molecule has 0 aromatic carbocycles. The quantitative estimate of drug-likeness (QED) is 0.600. The first-order valence-corrected chi connectivity index (χ1v) is 12.0. The van der Waals surface area contributed by atoms with E-state index < -0.39 is 60.7 Å². The van der Waals surface area contributed by atoms with E-state index >= 15 is 0 Å². The normalized spacial score (nSPS) is 59.3. The van der Waals surface area contributed by atoms with E-state index in [1.165, 1.54) is 6.92 Å². The van der Waals surface area contributed by atoms with Gasteiger partial charge in [0.05, 0.1) is 12.2 Å². The van der Waals surface area contributed by atoms with Crippen molar-refractivity contribution < 1.29 is 26.0 Å². The van der Waals surface area contributed by atoms with Gasteiger partial charge in [-0.1, -0.05) is 34.0 Å². The largest absolute Gasteiger partial charge is 0.393 e. The first kappa shape index (κ1) is 14.7. The Bertz CT molecular complexity index is 940. The highest BCUT2D eigenvalue weighted by Gasteiger charge is 2.64. The molecule has 4 fully saturated rings. The Balaban J connectivity index is 1.77. The molecule has 0 aromatic heterocycles. The van der Waals surface area contributed by atoms with E-state index in [0.29, 0.717) is 12.8 Å². The summed E-state index contributed by atoms with van der Waals surface area (Å²) in [6, 6.07) is 0. The maximum Gasteiger partial charge on any atom is 0.129 e. The number of aliphatic hydroxyl groups is 2. The van der Waals surface area contributed by atoms with Crippen LogP contribution in [0.1, 0.15) is 110 Å². The van der Waals surface area contributed by atoms with Gasteiger partial charge < -0.3 is 15.0 Å². The topological polar surface area (TPSA) is 57.5 Å². The van der Waals surface area contributed by atoms with E-state index in [-0.39, 0.29) is 41.9 Å². The second kappa shape index (κ2) is 8.18. The summed E-state index contributed by atoms with van der Waals surface area (Å²) >= 11 is 0. The number of hydrogen-bond acceptors (Lipinski definition) is 3. The zero-order valence-electron chi connectivity index (χ0n) is 27.1. The molecule has 0 radical (unpaired) electrons. The minimum atomic E-state index is -3.12. The summed E-state index contributed by atoms with van der Waals surface area (Å²) in [6.45, 7) is 4.35. The highest BCUT2D eigenvalue weighted by Crippen LogP contribution is 2.69. The molecule has 3 heteroatoms. The number of Topliss-reactive ketones (excluding diaryl/α,β-unsaturated/α-hetero) is 1. The van der Waals surface area contributed by atoms with Crippen molar-refractivity contribution in [2.45, 2.75) is 111 Å². The summed E-state index contributed by atoms with van der Waals surface area (Å²) in [5.41, 5.74) is -0.875. The molecule has 0 aliphatic heterocycles. The average molecular weight is 427 g/mol. The van der Waals surface area contributed by atoms with Crippen molar-refractivity contribution >= 4 is 5.78 Å². The monoisotopic (exact) mass is 426 g/mol. The maximum absolute atomic E-state index is 12.0. The molecular formula is C27H46O3. The fraction of sp³-hybridized carbons (Fsp3) is 0.963. The Morgan fingerprint density at radius 2 is 1.83 bits per heavy atom. The molecule has 4 aliphatic carbocycles. The molecule has 3 nitrogen and oxygen atoms in total. The molecule has 172 valence electrons. The molecule has 30 heavy (non-hydrogen) atoms. The van der Waals surface area contributed by atoms with Crippen molar-refractivity contribution in [2.75, 3.05) is 0 Å². The van der Waals surface area contributed by atoms with E-state index in [4.69, 9.17) is 9.60 Å². The van der Waals surface area contributed by atoms with Crippen LogP contribution in [0, 0.1) is 52.2 Å². The predicted octanol–water partition coefficient (Wildman–Crippen LogP) is 5.62. The highest BCUT2D eigenvalue weighted by atomic mass is 16.3. The molecule has 0 unspecified atom stereocenters. The summed E-state index contributed by atoms with van der Waals surface area (Å²) in [6.07, 6.45) is -2.71. The molecule has 0 heterocycles. The molecule has 0 saturated heterocycles. The van der Waals surface area contributed by atoms with Crippen molar-refractivity contribution in [2.24, 2.45) is 52.2 Å². The second-order valence-corrected chi connectivity index (χ2v) is 11.4. The molecular weight excluding hydrogens is 372 g/mol. The molecule has 0 bridgehead atoms. The summed E-state index contributed by atoms with van der Waals surface area (Å²) in [7, 11) is 0. The Hall–Kier alpha value is -0.410. The summed E-state index contributed by atoms with van der Waals surface area (Å²) in [5.74, 6) is -4.11. The van der Waals surface area contributed by atoms with Crippen LogP contribution >= 0.6 is 0 Å². The van der Waals surface area contributed by atoms with Crippen molar-refractivity contribution in [3.05, 3.63) is 0 Å². The molecule has 11 atom stereocenters. The second-order valence-electron chi connectivity index (χ2n) is 11.4. The lowest BCUT2D eigenvalue weighted by Gasteiger charge is -2.64. The Morgan fingerprint density at radius 1 is 1.13 bits per heavy atom. The van der Waals surface area contributed by atoms with Gasteiger partial charge in [0.1, 0.15) is 5.78 Å². The molecule has 0 aromatic rings. The summed E-state index contributed by atoms with van der Waals surface area (Å²) in [4.78, 5) is 11.9. The number of rotatable bonds is 5. The van der Waals surface area contributed by atoms with Crippen LogP contribution in [-0.4, -0.2) is 28.2 Å². The van der Waals surface area contributed by atoms with Crippen LogP contribution in [0.15, 0.2) is 0 Å². The minimum absolute atomic E-state index is 0.0170. The van der Waals surface area contributed by atoms with Crippen LogP contribution in [0.5, 0.6) is 0 Å². The van der Waals surface area contributed by atoms with Gasteiger partial charge >= 0.3 is 0 Å². The predicted molar refractivity (Wildman–Crippen MR) is 121 cm³/mol. The molecule has 4 rings (SSSR count). The van der Waals surface area contributed by atoms with Gasteiger partial charge in [-0.2, -0.15) is 0 Å². The van der Waals surface area contributed by atoms with Gasteiger partial charge in [0, 0.05) is 17.3 Å². The van der Waals surface area contributed by atoms with Gasteiger partial charge in [-0.05, 0) is 111 Å². The third kappa shape index (κ3) is 3.41. The fourth-order valence-corrected chi connectivity index (χ4v) is 8.64. The maximum atomic E-state index is 12.0. The number of carbonyl (C=O) groups excluding carboxylic acids is 1. The van der Waals surface area contributed by atoms with Crippen molar-refractivity contribution in [1.82, 2.24) is 0 Å². The van der Waals surface area contributed by atoms with Crippen LogP contribution in [0.4, 0.5) is 0 Å². The zero-order valence-corrected chi connectivity index (χ0v) is 19.1. The average Bonchev–Trinajstić information content (AvgIpc) is 3.14. The van der Waals surface area contributed by atoms with Gasteiger partial charge in [0.15, 0.2) is 0 Å². The van der Waals surface area contributed by atoms with E-state index in [9.17, 15) is 16.4 Å². The smallest absolute Gasteiger partial charge is 0.129 e. The van der Waals surface area contributed by atoms with Crippen LogP contribution in [0.2, 0.25) is 0 Å². The Morgan fingerprint density at radius 3 is 2.53 bits per heavy atom. The van der Waals surface area contributed by atoms with Crippen LogP contribution in [-0.2, 0) is 4.79 Å². The molecule has 2 N–H and O–H groups in total. The van der Waals surface area contributed by atoms with E-state index in [0.717, 1.165) is 25.7 Å². The van der Waals surface area contributed by atoms with Crippen molar-refractivity contribution in [3.8, 4) is 0 Å². The third-order valence-electron chi connectivity index (χ3n) is 10.1. The Labute approximate surface area is 195 Å². The van der Waals surface area contributed by atoms with Crippen LogP contribution in [0.3, 0.4) is 0 Å². The molecule has 0 amide bonds. The third-order valence-corrected chi connectivity index (χ3v) is 10.1. The molecule has 4 aliphatic rings. The summed E-state index contributed by atoms with van der Waals surface area (Å²) in [5, 5.41) is 22.6. The van der Waals surface area contributed by atoms with Gasteiger partial charge in [-0.15, -0.1) is 0 Å². The SMILES string of the molecule is [2H]C([2H])(C[C@@H](C)[C@H]1CC[C@H]2[C@H]3[C@H](CC[C@]12C)[C@@]1(C)CC[C@@H](O)C[C@H]1[C@]([2H])(C([2H])([2H])C([2H])([2H])[2H])[C@H]3O)C(C)=O. The van der Waals surface area contributed by atoms with E-state index in [1.807, 2.05) is 13.8 Å². The molecule has 0 spiro atoms. The lowest BCUT2D eigenvalue weighted by Crippen LogP contribution is -2.62. The number of carbonyl (C=O) groups is 1. The van der Waals surface area contributed by atoms with Crippen molar-refractivity contribution in [3.63, 3.8) is 0 Å². The fourth-order valence-electron chi connectivity index (χ4n) is 8.64. The van der Waals surface area contributed by atoms with E-state index in [1.54, 1.807) is 0 Å².